The zero-order valence-corrected chi connectivity index (χ0v) is 27.6. The monoisotopic (exact) mass is 619 g/mol. The van der Waals surface area contributed by atoms with Crippen molar-refractivity contribution in [1.82, 2.24) is 0 Å². The Bertz CT molecular complexity index is 2650. The van der Waals surface area contributed by atoms with Gasteiger partial charge in [0, 0.05) is 20.2 Å². The van der Waals surface area contributed by atoms with E-state index in [0.717, 1.165) is 10.8 Å². The first-order chi connectivity index (χ1) is 23.3. The van der Waals surface area contributed by atoms with Gasteiger partial charge in [-0.05, 0) is 101 Å². The van der Waals surface area contributed by atoms with Crippen molar-refractivity contribution in [2.24, 2.45) is 0 Å². The summed E-state index contributed by atoms with van der Waals surface area (Å²) in [7, 11) is 0. The molecule has 9 aromatic rings. The second-order valence-electron chi connectivity index (χ2n) is 13.7. The van der Waals surface area contributed by atoms with Gasteiger partial charge in [0.1, 0.15) is 0 Å². The van der Waals surface area contributed by atoms with E-state index in [1.807, 2.05) is 23.5 Å². The topological polar surface area (TPSA) is 0 Å². The summed E-state index contributed by atoms with van der Waals surface area (Å²) in [5.41, 5.74) is 8.92. The van der Waals surface area contributed by atoms with Crippen molar-refractivity contribution in [1.29, 1.82) is 0 Å². The van der Waals surface area contributed by atoms with Gasteiger partial charge < -0.3 is 0 Å². The minimum Gasteiger partial charge on any atom is -0.135 e. The lowest BCUT2D eigenvalue weighted by atomic mass is 9.85. The summed E-state index contributed by atoms with van der Waals surface area (Å²) in [4.78, 5) is 0. The Morgan fingerprint density at radius 1 is 0.426 bits per heavy atom. The minimum absolute atomic E-state index is 0.137. The van der Waals surface area contributed by atoms with E-state index in [0.29, 0.717) is 6.04 Å². The molecule has 8 aromatic carbocycles. The molecule has 0 radical (unpaired) electrons. The molecule has 0 unspecified atom stereocenters. The predicted octanol–water partition coefficient (Wildman–Crippen LogP) is 13.8. The van der Waals surface area contributed by atoms with Crippen LogP contribution in [0, 0.1) is 0 Å². The molecule has 1 heteroatoms. The lowest BCUT2D eigenvalue weighted by molar-refractivity contribution is 0.591. The first-order valence-electron chi connectivity index (χ1n) is 16.8. The Morgan fingerprint density at radius 2 is 1.04 bits per heavy atom. The normalized spacial score (nSPS) is 12.4. The number of hydrogen-bond donors (Lipinski definition) is 0. The Labute approximate surface area is 281 Å². The van der Waals surface area contributed by atoms with E-state index in [4.69, 9.17) is 1.37 Å². The van der Waals surface area contributed by atoms with E-state index in [2.05, 4.69) is 154 Å². The van der Waals surface area contributed by atoms with Gasteiger partial charge in [-0.3, -0.25) is 0 Å². The molecule has 0 fully saturated rings. The molecule has 0 aliphatic carbocycles. The van der Waals surface area contributed by atoms with Crippen LogP contribution in [0.5, 0.6) is 0 Å². The first-order valence-corrected chi connectivity index (χ1v) is 17.2. The van der Waals surface area contributed by atoms with Crippen LogP contribution < -0.4 is 0 Å². The first kappa shape index (κ1) is 26.9. The summed E-state index contributed by atoms with van der Waals surface area (Å²) in [5.74, 6) is 0. The van der Waals surface area contributed by atoms with Crippen LogP contribution in [0.3, 0.4) is 0 Å². The molecule has 0 spiro atoms. The van der Waals surface area contributed by atoms with Crippen LogP contribution in [0.2, 0.25) is 0 Å². The van der Waals surface area contributed by atoms with Crippen molar-refractivity contribution in [2.45, 2.75) is 26.2 Å². The van der Waals surface area contributed by atoms with E-state index in [9.17, 15) is 0 Å². The van der Waals surface area contributed by atoms with Crippen molar-refractivity contribution >= 4 is 63.8 Å². The smallest absolute Gasteiger partial charge is 0.0623 e. The fourth-order valence-electron chi connectivity index (χ4n) is 7.28. The van der Waals surface area contributed by atoms with Gasteiger partial charge in [-0.2, -0.15) is 0 Å². The number of hydrogen-bond acceptors (Lipinski definition) is 1. The zero-order valence-electron chi connectivity index (χ0n) is 27.8. The third-order valence-electron chi connectivity index (χ3n) is 9.75. The largest absolute Gasteiger partial charge is 0.135 e. The summed E-state index contributed by atoms with van der Waals surface area (Å²) in [6, 6.07) is 53.8. The maximum atomic E-state index is 8.06. The molecule has 0 saturated heterocycles. The van der Waals surface area contributed by atoms with Crippen molar-refractivity contribution in [3.05, 3.63) is 157 Å². The van der Waals surface area contributed by atoms with Crippen molar-refractivity contribution in [3.8, 4) is 33.4 Å². The Morgan fingerprint density at radius 3 is 1.72 bits per heavy atom. The molecule has 0 bridgehead atoms. The van der Waals surface area contributed by atoms with Gasteiger partial charge in [0.25, 0.3) is 0 Å². The molecule has 1 aromatic heterocycles. The highest BCUT2D eigenvalue weighted by atomic mass is 32.1. The van der Waals surface area contributed by atoms with Gasteiger partial charge >= 0.3 is 0 Å². The van der Waals surface area contributed by atoms with Crippen LogP contribution >= 0.6 is 11.3 Å². The quantitative estimate of drug-likeness (QED) is 0.173. The molecule has 1 heterocycles. The van der Waals surface area contributed by atoms with E-state index in [-0.39, 0.29) is 5.41 Å². The molecule has 47 heavy (non-hydrogen) atoms. The van der Waals surface area contributed by atoms with Gasteiger partial charge in [0.15, 0.2) is 0 Å². The summed E-state index contributed by atoms with van der Waals surface area (Å²) >= 11 is 1.89. The molecule has 224 valence electrons. The summed E-state index contributed by atoms with van der Waals surface area (Å²) < 4.78 is 10.8. The Kier molecular flexibility index (Phi) is 6.11. The molecule has 9 rings (SSSR count). The van der Waals surface area contributed by atoms with E-state index in [1.54, 1.807) is 0 Å². The lowest BCUT2D eigenvalue weighted by Gasteiger charge is -2.18. The second kappa shape index (κ2) is 10.7. The molecule has 0 saturated carbocycles. The van der Waals surface area contributed by atoms with E-state index >= 15 is 0 Å². The van der Waals surface area contributed by atoms with Crippen molar-refractivity contribution in [2.75, 3.05) is 0 Å². The molecule has 0 amide bonds. The van der Waals surface area contributed by atoms with E-state index < -0.39 is 0 Å². The van der Waals surface area contributed by atoms with Crippen molar-refractivity contribution in [3.63, 3.8) is 0 Å². The third kappa shape index (κ3) is 4.65. The predicted molar refractivity (Wildman–Crippen MR) is 207 cm³/mol. The highest BCUT2D eigenvalue weighted by Crippen LogP contribution is 2.45. The van der Waals surface area contributed by atoms with Gasteiger partial charge in [0.2, 0.25) is 0 Å². The Balaban J connectivity index is 1.17. The summed E-state index contributed by atoms with van der Waals surface area (Å²) in [6.07, 6.45) is 0. The molecule has 0 aliphatic heterocycles. The Hall–Kier alpha value is -5.24. The summed E-state index contributed by atoms with van der Waals surface area (Å²) in [6.45, 7) is 6.84. The lowest BCUT2D eigenvalue weighted by Crippen LogP contribution is -2.10. The fraction of sp³-hybridized carbons (Fsp3) is 0.0870. The van der Waals surface area contributed by atoms with Gasteiger partial charge in [0.05, 0.1) is 1.37 Å². The molecule has 0 N–H and O–H groups in total. The van der Waals surface area contributed by atoms with Crippen molar-refractivity contribution < 1.29 is 1.37 Å². The third-order valence-corrected chi connectivity index (χ3v) is 10.9. The molecule has 0 atom stereocenters. The fourth-order valence-corrected chi connectivity index (χ4v) is 8.41. The number of rotatable bonds is 3. The number of fused-ring (bicyclic) bond motifs is 6. The maximum Gasteiger partial charge on any atom is 0.0623 e. The average molecular weight is 620 g/mol. The van der Waals surface area contributed by atoms with Crippen LogP contribution in [0.15, 0.2) is 152 Å². The average Bonchev–Trinajstić information content (AvgIpc) is 3.47. The second-order valence-corrected chi connectivity index (χ2v) is 14.8. The number of benzene rings is 8. The van der Waals surface area contributed by atoms with Gasteiger partial charge in [-0.1, -0.05) is 148 Å². The highest BCUT2D eigenvalue weighted by molar-refractivity contribution is 7.25. The maximum absolute atomic E-state index is 8.06. The van der Waals surface area contributed by atoms with Crippen LogP contribution in [0.25, 0.3) is 85.9 Å². The molecular weight excluding hydrogens is 585 g/mol. The molecule has 0 aliphatic rings. The van der Waals surface area contributed by atoms with Gasteiger partial charge in [-0.15, -0.1) is 11.3 Å². The van der Waals surface area contributed by atoms with Crippen LogP contribution in [0.1, 0.15) is 27.7 Å². The summed E-state index contributed by atoms with van der Waals surface area (Å²) in [5, 5.41) is 9.91. The number of thiophene rings is 1. The van der Waals surface area contributed by atoms with E-state index in [1.165, 1.54) is 80.7 Å². The van der Waals surface area contributed by atoms with Gasteiger partial charge in [-0.25, -0.2) is 0 Å². The van der Waals surface area contributed by atoms with Crippen LogP contribution in [0.4, 0.5) is 0 Å². The SMILES string of the molecule is [2H]c1ccc2cc(-c3c4ccccc4c(-c4ccc(-c5ccc6sc7cc(C(C)(C)C)ccc7c6c5)cc4)c4ccccc34)ccc2c1. The highest BCUT2D eigenvalue weighted by Gasteiger charge is 2.18. The molecular formula is C46H34S. The molecule has 0 nitrogen and oxygen atoms in total. The van der Waals surface area contributed by atoms with Crippen LogP contribution in [-0.2, 0) is 5.41 Å². The minimum atomic E-state index is 0.137. The standard InChI is InChI=1S/C46H34S/c1-46(2,3)35-23-24-36-41-27-33(22-25-42(41)47-43(36)28-35)30-16-19-31(20-17-30)44-37-12-6-8-14-39(37)45(40-15-9-7-13-38(40)44)34-21-18-29-10-4-5-11-32(29)26-34/h4-28H,1-3H3/i4D. The van der Waals surface area contributed by atoms with Crippen LogP contribution in [-0.4, -0.2) is 0 Å². The zero-order chi connectivity index (χ0) is 32.6.